The van der Waals surface area contributed by atoms with Crippen molar-refractivity contribution >= 4 is 40.2 Å². The van der Waals surface area contributed by atoms with E-state index in [-0.39, 0.29) is 35.6 Å². The van der Waals surface area contributed by atoms with Crippen LogP contribution < -0.4 is 15.5 Å². The van der Waals surface area contributed by atoms with Crippen LogP contribution in [0, 0.1) is 5.82 Å². The van der Waals surface area contributed by atoms with Crippen LogP contribution in [0.4, 0.5) is 15.8 Å². The number of anilines is 2. The Morgan fingerprint density at radius 2 is 1.92 bits per heavy atom. The minimum atomic E-state index is -0.460. The minimum Gasteiger partial charge on any atom is -0.366 e. The molecule has 8 heteroatoms. The first-order chi connectivity index (χ1) is 18.2. The smallest absolute Gasteiger partial charge is 0.226 e. The number of likely N-dealkylation sites (N-methyl/N-ethyl adjacent to an activating group) is 1. The number of pyridine rings is 1. The van der Waals surface area contributed by atoms with E-state index >= 15 is 0 Å². The van der Waals surface area contributed by atoms with Gasteiger partial charge >= 0.3 is 0 Å². The highest BCUT2D eigenvalue weighted by Gasteiger charge is 2.40. The van der Waals surface area contributed by atoms with E-state index in [1.165, 1.54) is 22.9 Å². The summed E-state index contributed by atoms with van der Waals surface area (Å²) >= 11 is 5.77. The zero-order chi connectivity index (χ0) is 27.0. The lowest BCUT2D eigenvalue weighted by Gasteiger charge is -2.41. The average Bonchev–Trinajstić information content (AvgIpc) is 3.23. The maximum absolute atomic E-state index is 14.0. The summed E-state index contributed by atoms with van der Waals surface area (Å²) in [4.78, 5) is 21.7. The number of aromatic nitrogens is 1. The van der Waals surface area contributed by atoms with E-state index in [0.29, 0.717) is 11.7 Å². The molecule has 1 aromatic heterocycles. The van der Waals surface area contributed by atoms with Crippen LogP contribution in [-0.4, -0.2) is 40.0 Å². The SMILES string of the molecule is CC1=CC(C)(C)N(C)c2ccc(C3C(c4ccccn4)NC(=S)N3CCC(=O)Nc3ccccc3F)cc21. The van der Waals surface area contributed by atoms with Gasteiger partial charge in [-0.1, -0.05) is 30.3 Å². The van der Waals surface area contributed by atoms with Gasteiger partial charge in [-0.05, 0) is 80.5 Å². The third-order valence-corrected chi connectivity index (χ3v) is 7.86. The number of para-hydroxylation sites is 1. The zero-order valence-corrected chi connectivity index (χ0v) is 22.8. The summed E-state index contributed by atoms with van der Waals surface area (Å²) in [6.07, 6.45) is 4.22. The molecule has 1 fully saturated rings. The number of allylic oxidation sites excluding steroid dienone is 1. The minimum absolute atomic E-state index is 0.0802. The van der Waals surface area contributed by atoms with E-state index < -0.39 is 5.82 Å². The number of amides is 1. The van der Waals surface area contributed by atoms with Gasteiger partial charge < -0.3 is 20.4 Å². The van der Waals surface area contributed by atoms with Gasteiger partial charge in [0.2, 0.25) is 5.91 Å². The van der Waals surface area contributed by atoms with E-state index in [9.17, 15) is 9.18 Å². The van der Waals surface area contributed by atoms with Gasteiger partial charge in [0.1, 0.15) is 5.82 Å². The number of fused-ring (bicyclic) bond motifs is 1. The Balaban J connectivity index is 1.46. The van der Waals surface area contributed by atoms with E-state index in [4.69, 9.17) is 12.2 Å². The molecule has 38 heavy (non-hydrogen) atoms. The number of hydrogen-bond donors (Lipinski definition) is 2. The Hall–Kier alpha value is -3.78. The van der Waals surface area contributed by atoms with Crippen LogP contribution in [0.2, 0.25) is 0 Å². The average molecular weight is 530 g/mol. The number of halogens is 1. The molecule has 196 valence electrons. The van der Waals surface area contributed by atoms with E-state index in [1.807, 2.05) is 23.1 Å². The number of nitrogens with one attached hydrogen (secondary N) is 2. The Bertz CT molecular complexity index is 1410. The first-order valence-corrected chi connectivity index (χ1v) is 13.2. The summed E-state index contributed by atoms with van der Waals surface area (Å²) in [5.74, 6) is -0.732. The van der Waals surface area contributed by atoms with Crippen molar-refractivity contribution in [2.45, 2.75) is 44.8 Å². The Labute approximate surface area is 228 Å². The predicted octanol–water partition coefficient (Wildman–Crippen LogP) is 5.85. The van der Waals surface area contributed by atoms with Gasteiger partial charge in [0.05, 0.1) is 29.0 Å². The van der Waals surface area contributed by atoms with Gasteiger partial charge in [-0.25, -0.2) is 4.39 Å². The lowest BCUT2D eigenvalue weighted by Crippen LogP contribution is -2.42. The fourth-order valence-electron chi connectivity index (χ4n) is 5.37. The summed E-state index contributed by atoms with van der Waals surface area (Å²) in [5, 5.41) is 6.68. The van der Waals surface area contributed by atoms with Crippen molar-refractivity contribution in [3.05, 3.63) is 95.6 Å². The van der Waals surface area contributed by atoms with Crippen molar-refractivity contribution in [2.75, 3.05) is 23.8 Å². The van der Waals surface area contributed by atoms with Crippen LogP contribution in [0.3, 0.4) is 0 Å². The maximum Gasteiger partial charge on any atom is 0.226 e. The fraction of sp³-hybridized carbons (Fsp3) is 0.300. The second-order valence-electron chi connectivity index (χ2n) is 10.4. The second kappa shape index (κ2) is 10.2. The van der Waals surface area contributed by atoms with E-state index in [1.54, 1.807) is 24.4 Å². The molecular weight excluding hydrogens is 497 g/mol. The molecule has 1 saturated heterocycles. The lowest BCUT2D eigenvalue weighted by atomic mass is 9.86. The molecule has 6 nitrogen and oxygen atoms in total. The van der Waals surface area contributed by atoms with Crippen molar-refractivity contribution in [2.24, 2.45) is 0 Å². The molecule has 2 atom stereocenters. The highest BCUT2D eigenvalue weighted by atomic mass is 32.1. The van der Waals surface area contributed by atoms with Crippen LogP contribution in [0.5, 0.6) is 0 Å². The Morgan fingerprint density at radius 3 is 2.66 bits per heavy atom. The molecule has 3 heterocycles. The van der Waals surface area contributed by atoms with E-state index in [2.05, 4.69) is 72.6 Å². The third-order valence-electron chi connectivity index (χ3n) is 7.51. The zero-order valence-electron chi connectivity index (χ0n) is 22.0. The van der Waals surface area contributed by atoms with Crippen molar-refractivity contribution < 1.29 is 9.18 Å². The van der Waals surface area contributed by atoms with Gasteiger partial charge in [-0.15, -0.1) is 0 Å². The topological polar surface area (TPSA) is 60.5 Å². The summed E-state index contributed by atoms with van der Waals surface area (Å²) in [6.45, 7) is 6.94. The van der Waals surface area contributed by atoms with Gasteiger partial charge in [0.15, 0.2) is 5.11 Å². The molecule has 2 aliphatic heterocycles. The number of hydrogen-bond acceptors (Lipinski definition) is 4. The quantitative estimate of drug-likeness (QED) is 0.391. The summed E-state index contributed by atoms with van der Waals surface area (Å²) < 4.78 is 14.0. The van der Waals surface area contributed by atoms with E-state index in [0.717, 1.165) is 11.3 Å². The van der Waals surface area contributed by atoms with Gasteiger partial charge in [0, 0.05) is 37.5 Å². The summed E-state index contributed by atoms with van der Waals surface area (Å²) in [6, 6.07) is 18.2. The monoisotopic (exact) mass is 529 g/mol. The number of rotatable bonds is 6. The van der Waals surface area contributed by atoms with Crippen molar-refractivity contribution in [3.63, 3.8) is 0 Å². The molecule has 0 saturated carbocycles. The highest BCUT2D eigenvalue weighted by Crippen LogP contribution is 2.43. The van der Waals surface area contributed by atoms with Crippen LogP contribution in [-0.2, 0) is 4.79 Å². The Kier molecular flexibility index (Phi) is 6.92. The van der Waals surface area contributed by atoms with Crippen LogP contribution in [0.15, 0.2) is 72.9 Å². The fourth-order valence-corrected chi connectivity index (χ4v) is 5.70. The molecule has 0 spiro atoms. The van der Waals surface area contributed by atoms with Gasteiger partial charge in [-0.3, -0.25) is 9.78 Å². The molecule has 2 aliphatic rings. The largest absolute Gasteiger partial charge is 0.366 e. The number of carbonyl (C=O) groups is 1. The van der Waals surface area contributed by atoms with Crippen LogP contribution in [0.1, 0.15) is 56.1 Å². The first kappa shape index (κ1) is 25.9. The molecular formula is C30H32FN5OS. The molecule has 0 radical (unpaired) electrons. The molecule has 1 amide bonds. The highest BCUT2D eigenvalue weighted by molar-refractivity contribution is 7.80. The molecule has 0 aliphatic carbocycles. The molecule has 5 rings (SSSR count). The first-order valence-electron chi connectivity index (χ1n) is 12.8. The lowest BCUT2D eigenvalue weighted by molar-refractivity contribution is -0.116. The standard InChI is InChI=1S/C30H32FN5OS/c1-19-18-30(2,3)35(4)25-13-12-20(17-21(19)25)28-27(24-11-7-8-15-32-24)34-29(38)36(28)16-14-26(37)33-23-10-6-5-9-22(23)31/h5-13,15,17-18,27-28H,14,16H2,1-4H3,(H,33,37)(H,34,38). The second-order valence-corrected chi connectivity index (χ2v) is 10.8. The molecule has 2 unspecified atom stereocenters. The number of thiocarbonyl (C=S) groups is 1. The third kappa shape index (κ3) is 4.88. The van der Waals surface area contributed by atoms with Gasteiger partial charge in [0.25, 0.3) is 0 Å². The van der Waals surface area contributed by atoms with Crippen molar-refractivity contribution in [1.82, 2.24) is 15.2 Å². The number of carbonyl (C=O) groups excluding carboxylic acids is 1. The summed E-state index contributed by atoms with van der Waals surface area (Å²) in [5.41, 5.74) is 5.64. The summed E-state index contributed by atoms with van der Waals surface area (Å²) in [7, 11) is 2.12. The van der Waals surface area contributed by atoms with Crippen LogP contribution >= 0.6 is 12.2 Å². The molecule has 3 aromatic rings. The number of nitrogens with zero attached hydrogens (tertiary/aromatic N) is 3. The van der Waals surface area contributed by atoms with Crippen molar-refractivity contribution in [1.29, 1.82) is 0 Å². The van der Waals surface area contributed by atoms with Gasteiger partial charge in [-0.2, -0.15) is 0 Å². The predicted molar refractivity (Wildman–Crippen MR) is 154 cm³/mol. The molecule has 0 bridgehead atoms. The molecule has 2 N–H and O–H groups in total. The van der Waals surface area contributed by atoms with Crippen molar-refractivity contribution in [3.8, 4) is 0 Å². The Morgan fingerprint density at radius 1 is 1.16 bits per heavy atom. The molecule has 2 aromatic carbocycles. The normalized spacial score (nSPS) is 20.0. The van der Waals surface area contributed by atoms with Crippen LogP contribution in [0.25, 0.3) is 5.57 Å². The maximum atomic E-state index is 14.0. The number of benzene rings is 2.